The number of aromatic nitrogens is 1. The number of alkyl halides is 3. The lowest BCUT2D eigenvalue weighted by molar-refractivity contribution is -0.137. The molecule has 1 saturated heterocycles. The number of sulfonamides is 1. The van der Waals surface area contributed by atoms with E-state index >= 15 is 0 Å². The van der Waals surface area contributed by atoms with Gasteiger partial charge in [0.05, 0.1) is 17.6 Å². The molecule has 2 aliphatic heterocycles. The minimum absolute atomic E-state index is 0.0338. The summed E-state index contributed by atoms with van der Waals surface area (Å²) in [4.78, 5) is 25.5. The molecule has 3 heterocycles. The normalized spacial score (nSPS) is 19.5. The molecule has 1 aromatic heterocycles. The van der Waals surface area contributed by atoms with Gasteiger partial charge in [-0.1, -0.05) is 6.07 Å². The number of carbonyl (C=O) groups is 1. The fraction of sp³-hybridized carbons (Fsp3) is 0.308. The van der Waals surface area contributed by atoms with Gasteiger partial charge in [-0.25, -0.2) is 8.42 Å². The number of carbonyl (C=O) groups excluding carboxylic acids is 1. The number of halogens is 3. The SMILES string of the molecule is COc1ccc(C(=O)Nc2ccc3n(c2=O)C[C@H]2C[C@@H]3CN(S(=O)(=O)c3cccc(C(F)(F)F)c3)C2)cc1. The quantitative estimate of drug-likeness (QED) is 0.522. The Kier molecular flexibility index (Phi) is 6.56. The number of amides is 1. The highest BCUT2D eigenvalue weighted by Gasteiger charge is 2.40. The highest BCUT2D eigenvalue weighted by atomic mass is 32.2. The number of rotatable bonds is 5. The van der Waals surface area contributed by atoms with Crippen LogP contribution in [-0.2, 0) is 22.7 Å². The summed E-state index contributed by atoms with van der Waals surface area (Å²) in [5, 5.41) is 2.64. The van der Waals surface area contributed by atoms with E-state index in [4.69, 9.17) is 4.74 Å². The smallest absolute Gasteiger partial charge is 0.416 e. The Hall–Kier alpha value is -3.64. The summed E-state index contributed by atoms with van der Waals surface area (Å²) in [7, 11) is -2.67. The predicted molar refractivity (Wildman–Crippen MR) is 133 cm³/mol. The molecule has 2 aromatic carbocycles. The van der Waals surface area contributed by atoms with Gasteiger partial charge in [-0.05, 0) is 66.9 Å². The van der Waals surface area contributed by atoms with Gasteiger partial charge in [0.15, 0.2) is 0 Å². The first kappa shape index (κ1) is 26.0. The van der Waals surface area contributed by atoms with Gasteiger partial charge >= 0.3 is 6.18 Å². The summed E-state index contributed by atoms with van der Waals surface area (Å²) in [6.07, 6.45) is -4.02. The van der Waals surface area contributed by atoms with Crippen LogP contribution in [0.1, 0.15) is 34.0 Å². The summed E-state index contributed by atoms with van der Waals surface area (Å²) >= 11 is 0. The molecule has 200 valence electrons. The molecule has 0 saturated carbocycles. The average molecular weight is 548 g/mol. The summed E-state index contributed by atoms with van der Waals surface area (Å²) < 4.78 is 73.8. The summed E-state index contributed by atoms with van der Waals surface area (Å²) in [5.41, 5.74) is -0.356. The van der Waals surface area contributed by atoms with E-state index in [1.165, 1.54) is 17.5 Å². The number of piperidine rings is 1. The largest absolute Gasteiger partial charge is 0.497 e. The van der Waals surface area contributed by atoms with Crippen LogP contribution in [0.5, 0.6) is 5.75 Å². The average Bonchev–Trinajstić information content (AvgIpc) is 2.90. The van der Waals surface area contributed by atoms with Crippen LogP contribution in [0.4, 0.5) is 18.9 Å². The molecule has 8 nitrogen and oxygen atoms in total. The fourth-order valence-electron chi connectivity index (χ4n) is 5.11. The Morgan fingerprint density at radius 1 is 1.03 bits per heavy atom. The van der Waals surface area contributed by atoms with Crippen LogP contribution in [0.3, 0.4) is 0 Å². The monoisotopic (exact) mass is 547 g/mol. The number of anilines is 1. The summed E-state index contributed by atoms with van der Waals surface area (Å²) in [6.45, 7) is 0.334. The van der Waals surface area contributed by atoms with Crippen molar-refractivity contribution < 1.29 is 31.1 Å². The van der Waals surface area contributed by atoms with Gasteiger partial charge in [0.25, 0.3) is 11.5 Å². The molecule has 0 aliphatic carbocycles. The van der Waals surface area contributed by atoms with Crippen LogP contribution < -0.4 is 15.6 Å². The van der Waals surface area contributed by atoms with Crippen molar-refractivity contribution in [3.05, 3.63) is 87.8 Å². The zero-order chi connectivity index (χ0) is 27.2. The summed E-state index contributed by atoms with van der Waals surface area (Å²) in [6, 6.07) is 13.3. The van der Waals surface area contributed by atoms with Crippen molar-refractivity contribution in [2.24, 2.45) is 5.92 Å². The molecule has 0 unspecified atom stereocenters. The van der Waals surface area contributed by atoms with Gasteiger partial charge < -0.3 is 14.6 Å². The number of ether oxygens (including phenoxy) is 1. The zero-order valence-electron chi connectivity index (χ0n) is 20.2. The van der Waals surface area contributed by atoms with Crippen molar-refractivity contribution >= 4 is 21.6 Å². The van der Waals surface area contributed by atoms with Crippen LogP contribution in [0, 0.1) is 5.92 Å². The van der Waals surface area contributed by atoms with Crippen molar-refractivity contribution in [2.75, 3.05) is 25.5 Å². The third-order valence-corrected chi connectivity index (χ3v) is 8.80. The number of pyridine rings is 1. The first-order valence-corrected chi connectivity index (χ1v) is 13.3. The first-order chi connectivity index (χ1) is 18.0. The lowest BCUT2D eigenvalue weighted by Crippen LogP contribution is -2.49. The minimum Gasteiger partial charge on any atom is -0.497 e. The zero-order valence-corrected chi connectivity index (χ0v) is 21.1. The molecule has 1 amide bonds. The fourth-order valence-corrected chi connectivity index (χ4v) is 6.72. The number of nitrogens with one attached hydrogen (secondary N) is 1. The Morgan fingerprint density at radius 3 is 2.45 bits per heavy atom. The highest BCUT2D eigenvalue weighted by Crippen LogP contribution is 2.38. The molecular weight excluding hydrogens is 523 g/mol. The Labute approximate surface area is 216 Å². The topological polar surface area (TPSA) is 97.7 Å². The molecule has 3 aromatic rings. The molecule has 2 bridgehead atoms. The van der Waals surface area contributed by atoms with E-state index < -0.39 is 38.1 Å². The van der Waals surface area contributed by atoms with Crippen molar-refractivity contribution in [1.29, 1.82) is 0 Å². The van der Waals surface area contributed by atoms with E-state index in [-0.39, 0.29) is 37.2 Å². The van der Waals surface area contributed by atoms with Crippen LogP contribution in [0.15, 0.2) is 70.4 Å². The number of nitrogens with zero attached hydrogens (tertiary/aromatic N) is 2. The first-order valence-electron chi connectivity index (χ1n) is 11.8. The van der Waals surface area contributed by atoms with Gasteiger partial charge in [-0.15, -0.1) is 0 Å². The number of hydrogen-bond donors (Lipinski definition) is 1. The highest BCUT2D eigenvalue weighted by molar-refractivity contribution is 7.89. The second-order valence-electron chi connectivity index (χ2n) is 9.42. The number of fused-ring (bicyclic) bond motifs is 4. The Morgan fingerprint density at radius 2 is 1.76 bits per heavy atom. The van der Waals surface area contributed by atoms with Crippen LogP contribution in [0.25, 0.3) is 0 Å². The van der Waals surface area contributed by atoms with Gasteiger partial charge in [0.2, 0.25) is 10.0 Å². The van der Waals surface area contributed by atoms with Crippen molar-refractivity contribution in [3.8, 4) is 5.75 Å². The maximum absolute atomic E-state index is 13.3. The minimum atomic E-state index is -4.66. The van der Waals surface area contributed by atoms with Crippen LogP contribution >= 0.6 is 0 Å². The predicted octanol–water partition coefficient (Wildman–Crippen LogP) is 3.94. The van der Waals surface area contributed by atoms with E-state index in [1.807, 2.05) is 0 Å². The van der Waals surface area contributed by atoms with Crippen molar-refractivity contribution in [1.82, 2.24) is 8.87 Å². The third kappa shape index (κ3) is 4.81. The molecule has 12 heteroatoms. The molecular formula is C26H24F3N3O5S. The van der Waals surface area contributed by atoms with Gasteiger partial charge in [0, 0.05) is 36.8 Å². The molecule has 2 aliphatic rings. The standard InChI is InChI=1S/C26H24F3N3O5S/c1-37-20-7-5-17(6-8-20)24(33)30-22-9-10-23-18-11-16(14-32(23)25(22)34)13-31(15-18)38(35,36)21-4-2-3-19(12-21)26(27,28)29/h2-10,12,16,18H,11,13-15H2,1H3,(H,30,33)/t16-,18+/m0/s1. The molecule has 0 radical (unpaired) electrons. The van der Waals surface area contributed by atoms with Gasteiger partial charge in [-0.2, -0.15) is 17.5 Å². The molecule has 1 N–H and O–H groups in total. The number of methoxy groups -OCH3 is 1. The maximum Gasteiger partial charge on any atom is 0.416 e. The maximum atomic E-state index is 13.3. The molecule has 5 rings (SSSR count). The van der Waals surface area contributed by atoms with Crippen LogP contribution in [0.2, 0.25) is 0 Å². The van der Waals surface area contributed by atoms with Gasteiger partial charge in [-0.3, -0.25) is 9.59 Å². The van der Waals surface area contributed by atoms with Crippen molar-refractivity contribution in [2.45, 2.75) is 30.0 Å². The summed E-state index contributed by atoms with van der Waals surface area (Å²) in [5.74, 6) is -0.403. The second-order valence-corrected chi connectivity index (χ2v) is 11.4. The molecule has 0 spiro atoms. The molecule has 1 fully saturated rings. The second kappa shape index (κ2) is 9.59. The Bertz CT molecular complexity index is 1550. The van der Waals surface area contributed by atoms with E-state index in [0.717, 1.165) is 18.2 Å². The van der Waals surface area contributed by atoms with Crippen LogP contribution in [-0.4, -0.2) is 43.4 Å². The van der Waals surface area contributed by atoms with E-state index in [2.05, 4.69) is 5.32 Å². The van der Waals surface area contributed by atoms with E-state index in [0.29, 0.717) is 29.5 Å². The Balaban J connectivity index is 1.38. The molecule has 38 heavy (non-hydrogen) atoms. The lowest BCUT2D eigenvalue weighted by Gasteiger charge is -2.42. The third-order valence-electron chi connectivity index (χ3n) is 6.97. The van der Waals surface area contributed by atoms with E-state index in [9.17, 15) is 31.2 Å². The number of benzene rings is 2. The number of hydrogen-bond acceptors (Lipinski definition) is 5. The molecule has 2 atom stereocenters. The lowest BCUT2D eigenvalue weighted by atomic mass is 9.84. The van der Waals surface area contributed by atoms with E-state index in [1.54, 1.807) is 34.9 Å². The van der Waals surface area contributed by atoms with Gasteiger partial charge in [0.1, 0.15) is 11.4 Å². The van der Waals surface area contributed by atoms with Crippen molar-refractivity contribution in [3.63, 3.8) is 0 Å².